The van der Waals surface area contributed by atoms with Crippen molar-refractivity contribution in [1.29, 1.82) is 0 Å². The summed E-state index contributed by atoms with van der Waals surface area (Å²) in [5.74, 6) is -0.846. The van der Waals surface area contributed by atoms with Gasteiger partial charge in [0.2, 0.25) is 0 Å². The number of hydrogen-bond donors (Lipinski definition) is 1. The molecule has 1 atom stereocenters. The van der Waals surface area contributed by atoms with E-state index < -0.39 is 5.79 Å². The fourth-order valence-electron chi connectivity index (χ4n) is 1.10. The summed E-state index contributed by atoms with van der Waals surface area (Å²) in [4.78, 5) is 0. The summed E-state index contributed by atoms with van der Waals surface area (Å²) in [6.07, 6.45) is 0.605. The molecule has 0 spiro atoms. The van der Waals surface area contributed by atoms with Crippen molar-refractivity contribution in [1.82, 2.24) is 0 Å². The Balaban J connectivity index is 2.07. The van der Waals surface area contributed by atoms with E-state index in [1.54, 1.807) is 0 Å². The number of ether oxygens (including phenoxy) is 1. The third-order valence-corrected chi connectivity index (χ3v) is 1.80. The Morgan fingerprint density at radius 3 is 2.55 bits per heavy atom. The lowest BCUT2D eigenvalue weighted by Crippen LogP contribution is -2.12. The van der Waals surface area contributed by atoms with Crippen LogP contribution in [0.5, 0.6) is 0 Å². The summed E-state index contributed by atoms with van der Waals surface area (Å²) in [6.45, 7) is 0.474. The van der Waals surface area contributed by atoms with Crippen LogP contribution in [0.4, 0.5) is 0 Å². The number of hydrogen-bond acceptors (Lipinski definition) is 2. The van der Waals surface area contributed by atoms with E-state index in [2.05, 4.69) is 0 Å². The Kier molecular flexibility index (Phi) is 1.44. The maximum absolute atomic E-state index is 9.36. The molecule has 0 amide bonds. The van der Waals surface area contributed by atoms with E-state index in [4.69, 9.17) is 4.74 Å². The maximum Gasteiger partial charge on any atom is 0.193 e. The predicted molar refractivity (Wildman–Crippen MR) is 41.0 cm³/mol. The van der Waals surface area contributed by atoms with E-state index in [0.29, 0.717) is 13.0 Å². The highest BCUT2D eigenvalue weighted by molar-refractivity contribution is 5.17. The van der Waals surface area contributed by atoms with E-state index >= 15 is 0 Å². The lowest BCUT2D eigenvalue weighted by molar-refractivity contribution is 0.0372. The second-order valence-corrected chi connectivity index (χ2v) is 2.90. The molecular formula is C9H10O2. The Morgan fingerprint density at radius 1 is 1.36 bits per heavy atom. The quantitative estimate of drug-likeness (QED) is 0.636. The molecule has 1 aromatic carbocycles. The monoisotopic (exact) mass is 150 g/mol. The summed E-state index contributed by atoms with van der Waals surface area (Å²) >= 11 is 0. The zero-order chi connectivity index (χ0) is 7.73. The average Bonchev–Trinajstić information content (AvgIpc) is 2.70. The van der Waals surface area contributed by atoms with Crippen molar-refractivity contribution in [2.45, 2.75) is 12.2 Å². The minimum atomic E-state index is -0.846. The molecule has 0 radical (unpaired) electrons. The maximum atomic E-state index is 9.36. The summed E-state index contributed by atoms with van der Waals surface area (Å²) < 4.78 is 4.86. The molecule has 0 bridgehead atoms. The minimum Gasteiger partial charge on any atom is -0.363 e. The van der Waals surface area contributed by atoms with E-state index in [1.165, 1.54) is 0 Å². The fraction of sp³-hybridized carbons (Fsp3) is 0.333. The minimum absolute atomic E-state index is 0.474. The lowest BCUT2D eigenvalue weighted by Gasteiger charge is -2.02. The Morgan fingerprint density at radius 2 is 2.00 bits per heavy atom. The van der Waals surface area contributed by atoms with Crippen molar-refractivity contribution in [2.24, 2.45) is 0 Å². The molecule has 1 heterocycles. The summed E-state index contributed by atoms with van der Waals surface area (Å²) in [5.41, 5.74) is 1.12. The van der Waals surface area contributed by atoms with Crippen LogP contribution in [0.25, 0.3) is 0 Å². The van der Waals surface area contributed by atoms with Crippen molar-refractivity contribution in [3.05, 3.63) is 35.9 Å². The molecule has 1 aromatic rings. The third-order valence-electron chi connectivity index (χ3n) is 1.80. The van der Waals surface area contributed by atoms with Gasteiger partial charge in [-0.3, -0.25) is 0 Å². The normalized spacial score (nSPS) is 28.5. The first-order valence-electron chi connectivity index (χ1n) is 3.69. The second kappa shape index (κ2) is 2.32. The van der Waals surface area contributed by atoms with Crippen LogP contribution in [0, 0.1) is 0 Å². The molecular weight excluding hydrogens is 140 g/mol. The van der Waals surface area contributed by atoms with Crippen LogP contribution in [0.1, 0.15) is 5.56 Å². The topological polar surface area (TPSA) is 32.8 Å². The second-order valence-electron chi connectivity index (χ2n) is 2.90. The van der Waals surface area contributed by atoms with Crippen LogP contribution in [0.3, 0.4) is 0 Å². The average molecular weight is 150 g/mol. The van der Waals surface area contributed by atoms with Crippen molar-refractivity contribution in [3.8, 4) is 0 Å². The molecule has 0 saturated carbocycles. The summed E-state index contributed by atoms with van der Waals surface area (Å²) in [5, 5.41) is 9.36. The zero-order valence-corrected chi connectivity index (χ0v) is 6.16. The van der Waals surface area contributed by atoms with Crippen LogP contribution in [0.15, 0.2) is 30.3 Å². The van der Waals surface area contributed by atoms with Gasteiger partial charge in [-0.25, -0.2) is 0 Å². The van der Waals surface area contributed by atoms with Crippen molar-refractivity contribution >= 4 is 0 Å². The third kappa shape index (κ3) is 1.59. The molecule has 1 unspecified atom stereocenters. The molecule has 1 fully saturated rings. The van der Waals surface area contributed by atoms with Gasteiger partial charge in [0, 0.05) is 6.42 Å². The van der Waals surface area contributed by atoms with Gasteiger partial charge in [0.1, 0.15) is 6.61 Å². The van der Waals surface area contributed by atoms with E-state index in [9.17, 15) is 5.11 Å². The predicted octanol–water partition coefficient (Wildman–Crippen LogP) is 0.948. The highest BCUT2D eigenvalue weighted by atomic mass is 16.7. The molecule has 11 heavy (non-hydrogen) atoms. The molecule has 1 N–H and O–H groups in total. The van der Waals surface area contributed by atoms with Crippen LogP contribution < -0.4 is 0 Å². The van der Waals surface area contributed by atoms with Gasteiger partial charge in [-0.05, 0) is 5.56 Å². The van der Waals surface area contributed by atoms with Gasteiger partial charge in [-0.1, -0.05) is 30.3 Å². The first kappa shape index (κ1) is 6.83. The standard InChI is InChI=1S/C9H10O2/c10-9(7-11-9)6-8-4-2-1-3-5-8/h1-5,10H,6-7H2. The Bertz CT molecular complexity index is 239. The van der Waals surface area contributed by atoms with Gasteiger partial charge in [0.05, 0.1) is 0 Å². The molecule has 2 heteroatoms. The Labute approximate surface area is 65.4 Å². The van der Waals surface area contributed by atoms with Gasteiger partial charge >= 0.3 is 0 Å². The van der Waals surface area contributed by atoms with Crippen molar-refractivity contribution in [3.63, 3.8) is 0 Å². The van der Waals surface area contributed by atoms with Crippen LogP contribution in [0.2, 0.25) is 0 Å². The molecule has 2 nitrogen and oxygen atoms in total. The van der Waals surface area contributed by atoms with Crippen LogP contribution >= 0.6 is 0 Å². The van der Waals surface area contributed by atoms with Gasteiger partial charge in [0.25, 0.3) is 0 Å². The summed E-state index contributed by atoms with van der Waals surface area (Å²) in [7, 11) is 0. The van der Waals surface area contributed by atoms with Crippen LogP contribution in [-0.4, -0.2) is 17.5 Å². The smallest absolute Gasteiger partial charge is 0.193 e. The fourth-order valence-corrected chi connectivity index (χ4v) is 1.10. The SMILES string of the molecule is OC1(Cc2ccccc2)CO1. The van der Waals surface area contributed by atoms with Crippen LogP contribution in [-0.2, 0) is 11.2 Å². The molecule has 0 aromatic heterocycles. The largest absolute Gasteiger partial charge is 0.363 e. The lowest BCUT2D eigenvalue weighted by atomic mass is 10.1. The van der Waals surface area contributed by atoms with E-state index in [1.807, 2.05) is 30.3 Å². The van der Waals surface area contributed by atoms with Crippen molar-refractivity contribution in [2.75, 3.05) is 6.61 Å². The number of epoxide rings is 1. The number of aliphatic hydroxyl groups is 1. The highest BCUT2D eigenvalue weighted by Crippen LogP contribution is 2.27. The number of benzene rings is 1. The first-order chi connectivity index (χ1) is 5.29. The van der Waals surface area contributed by atoms with Crippen molar-refractivity contribution < 1.29 is 9.84 Å². The van der Waals surface area contributed by atoms with Gasteiger partial charge in [-0.15, -0.1) is 0 Å². The molecule has 1 saturated heterocycles. The number of rotatable bonds is 2. The highest BCUT2D eigenvalue weighted by Gasteiger charge is 2.42. The van der Waals surface area contributed by atoms with Gasteiger partial charge in [0.15, 0.2) is 5.79 Å². The molecule has 1 aliphatic heterocycles. The molecule has 1 aliphatic rings. The molecule has 0 aliphatic carbocycles. The first-order valence-corrected chi connectivity index (χ1v) is 3.69. The summed E-state index contributed by atoms with van der Waals surface area (Å²) in [6, 6.07) is 9.85. The van der Waals surface area contributed by atoms with E-state index in [0.717, 1.165) is 5.56 Å². The Hall–Kier alpha value is -0.860. The van der Waals surface area contributed by atoms with Gasteiger partial charge in [-0.2, -0.15) is 0 Å². The molecule has 58 valence electrons. The zero-order valence-electron chi connectivity index (χ0n) is 6.16. The van der Waals surface area contributed by atoms with Gasteiger partial charge < -0.3 is 9.84 Å². The molecule has 2 rings (SSSR count). The van der Waals surface area contributed by atoms with E-state index in [-0.39, 0.29) is 0 Å².